The largest absolute Gasteiger partial charge is 0.380 e. The first-order chi connectivity index (χ1) is 12.2. The van der Waals surface area contributed by atoms with Gasteiger partial charge in [0.05, 0.1) is 10.7 Å². The van der Waals surface area contributed by atoms with E-state index >= 15 is 0 Å². The van der Waals surface area contributed by atoms with Crippen molar-refractivity contribution < 1.29 is 4.79 Å². The van der Waals surface area contributed by atoms with E-state index in [-0.39, 0.29) is 24.0 Å². The Kier molecular flexibility index (Phi) is 3.92. The van der Waals surface area contributed by atoms with Gasteiger partial charge < -0.3 is 5.32 Å². The fourth-order valence-corrected chi connectivity index (χ4v) is 3.60. The normalized spacial score (nSPS) is 13.8. The maximum Gasteiger partial charge on any atom is 0.285 e. The zero-order valence-electron chi connectivity index (χ0n) is 13.5. The van der Waals surface area contributed by atoms with Crippen LogP contribution in [0.2, 0.25) is 0 Å². The number of rotatable bonds is 5. The minimum absolute atomic E-state index is 0.167. The smallest absolute Gasteiger partial charge is 0.285 e. The zero-order chi connectivity index (χ0) is 17.4. The molecule has 9 heteroatoms. The number of hydrogen-bond donors (Lipinski definition) is 2. The van der Waals surface area contributed by atoms with Gasteiger partial charge in [0.2, 0.25) is 11.9 Å². The molecule has 3 heterocycles. The number of fused-ring (bicyclic) bond motifs is 1. The van der Waals surface area contributed by atoms with Crippen molar-refractivity contribution >= 4 is 38.3 Å². The van der Waals surface area contributed by atoms with Crippen molar-refractivity contribution in [3.63, 3.8) is 0 Å². The highest BCUT2D eigenvalue weighted by atomic mass is 32.1. The Morgan fingerprint density at radius 3 is 2.80 bits per heavy atom. The van der Waals surface area contributed by atoms with Crippen LogP contribution in [0.5, 0.6) is 0 Å². The van der Waals surface area contributed by atoms with Gasteiger partial charge in [0.25, 0.3) is 5.56 Å². The Morgan fingerprint density at radius 2 is 2.12 bits per heavy atom. The third-order valence-corrected chi connectivity index (χ3v) is 5.13. The molecule has 0 saturated heterocycles. The number of nitrogens with one attached hydrogen (secondary N) is 2. The van der Waals surface area contributed by atoms with Crippen molar-refractivity contribution in [3.8, 4) is 0 Å². The molecule has 8 nitrogen and oxygen atoms in total. The summed E-state index contributed by atoms with van der Waals surface area (Å²) in [6.07, 6.45) is 5.20. The van der Waals surface area contributed by atoms with E-state index < -0.39 is 0 Å². The van der Waals surface area contributed by atoms with Crippen LogP contribution < -0.4 is 16.2 Å². The summed E-state index contributed by atoms with van der Waals surface area (Å²) in [6.45, 7) is -0.167. The van der Waals surface area contributed by atoms with Crippen LogP contribution in [-0.4, -0.2) is 32.7 Å². The molecule has 1 aliphatic rings. The Bertz CT molecular complexity index is 993. The third kappa shape index (κ3) is 3.10. The van der Waals surface area contributed by atoms with Gasteiger partial charge in [-0.25, -0.2) is 14.6 Å². The molecular weight excluding hydrogens is 340 g/mol. The zero-order valence-corrected chi connectivity index (χ0v) is 14.3. The maximum absolute atomic E-state index is 12.7. The molecule has 1 aliphatic carbocycles. The van der Waals surface area contributed by atoms with E-state index in [0.29, 0.717) is 10.6 Å². The number of carbonyl (C=O) groups excluding carboxylic acids is 1. The summed E-state index contributed by atoms with van der Waals surface area (Å²) in [5.41, 5.74) is 0.645. The minimum atomic E-state index is -0.382. The first kappa shape index (κ1) is 15.7. The van der Waals surface area contributed by atoms with Crippen molar-refractivity contribution in [2.24, 2.45) is 0 Å². The molecule has 0 aliphatic heterocycles. The molecule has 1 amide bonds. The number of hydrogen-bond acceptors (Lipinski definition) is 7. The van der Waals surface area contributed by atoms with Gasteiger partial charge >= 0.3 is 0 Å². The number of amides is 1. The summed E-state index contributed by atoms with van der Waals surface area (Å²) >= 11 is 1.39. The molecule has 4 rings (SSSR count). The molecule has 0 bridgehead atoms. The summed E-state index contributed by atoms with van der Waals surface area (Å²) in [6, 6.07) is 3.62. The standard InChI is InChI=1S/C16H16N6O2S/c1-17-12-7-10-13(9-3-4-9)21-22(15(24)14(10)25-12)8-11(23)20-16-18-5-2-6-19-16/h2,5-7,9,17H,3-4,8H2,1H3,(H,18,19,20,23). The van der Waals surface area contributed by atoms with Gasteiger partial charge in [-0.05, 0) is 25.0 Å². The Hall–Kier alpha value is -2.81. The van der Waals surface area contributed by atoms with Gasteiger partial charge in [-0.3, -0.25) is 14.9 Å². The van der Waals surface area contributed by atoms with Crippen molar-refractivity contribution in [2.45, 2.75) is 25.3 Å². The predicted molar refractivity (Wildman–Crippen MR) is 96.1 cm³/mol. The quantitative estimate of drug-likeness (QED) is 0.723. The monoisotopic (exact) mass is 356 g/mol. The molecule has 128 valence electrons. The van der Waals surface area contributed by atoms with Crippen LogP contribution in [0.15, 0.2) is 29.3 Å². The summed E-state index contributed by atoms with van der Waals surface area (Å²) in [5.74, 6) is 0.194. The van der Waals surface area contributed by atoms with Crippen LogP contribution in [0.1, 0.15) is 24.5 Å². The SMILES string of the molecule is CNc1cc2c(C3CC3)nn(CC(=O)Nc3ncccn3)c(=O)c2s1. The van der Waals surface area contributed by atoms with Gasteiger partial charge in [0.15, 0.2) is 0 Å². The van der Waals surface area contributed by atoms with Crippen LogP contribution >= 0.6 is 11.3 Å². The molecule has 1 fully saturated rings. The number of thiophene rings is 1. The molecule has 3 aromatic rings. The lowest BCUT2D eigenvalue weighted by molar-refractivity contribution is -0.117. The van der Waals surface area contributed by atoms with E-state index in [2.05, 4.69) is 25.7 Å². The fraction of sp³-hybridized carbons (Fsp3) is 0.312. The van der Waals surface area contributed by atoms with Gasteiger partial charge in [-0.2, -0.15) is 5.10 Å². The Balaban J connectivity index is 1.68. The van der Waals surface area contributed by atoms with Crippen LogP contribution in [0, 0.1) is 0 Å². The highest BCUT2D eigenvalue weighted by Gasteiger charge is 2.29. The molecule has 2 N–H and O–H groups in total. The number of anilines is 2. The first-order valence-electron chi connectivity index (χ1n) is 7.95. The van der Waals surface area contributed by atoms with E-state index in [9.17, 15) is 9.59 Å². The van der Waals surface area contributed by atoms with Gasteiger partial charge in [0.1, 0.15) is 11.2 Å². The van der Waals surface area contributed by atoms with Crippen molar-refractivity contribution in [3.05, 3.63) is 40.6 Å². The Labute approximate surface area is 146 Å². The van der Waals surface area contributed by atoms with E-state index in [0.717, 1.165) is 28.9 Å². The van der Waals surface area contributed by atoms with Crippen molar-refractivity contribution in [1.29, 1.82) is 0 Å². The van der Waals surface area contributed by atoms with E-state index in [1.807, 2.05) is 13.1 Å². The lowest BCUT2D eigenvalue weighted by Gasteiger charge is -2.08. The molecule has 1 saturated carbocycles. The number of aromatic nitrogens is 4. The lowest BCUT2D eigenvalue weighted by atomic mass is 10.2. The fourth-order valence-electron chi connectivity index (χ4n) is 2.64. The van der Waals surface area contributed by atoms with Crippen molar-refractivity contribution in [1.82, 2.24) is 19.7 Å². The van der Waals surface area contributed by atoms with Crippen LogP contribution in [0.4, 0.5) is 10.9 Å². The highest BCUT2D eigenvalue weighted by molar-refractivity contribution is 7.22. The second-order valence-electron chi connectivity index (χ2n) is 5.85. The van der Waals surface area contributed by atoms with Gasteiger partial charge in [0, 0.05) is 30.7 Å². The van der Waals surface area contributed by atoms with Crippen LogP contribution in [0.3, 0.4) is 0 Å². The highest BCUT2D eigenvalue weighted by Crippen LogP contribution is 2.43. The van der Waals surface area contributed by atoms with Gasteiger partial charge in [-0.15, -0.1) is 11.3 Å². The minimum Gasteiger partial charge on any atom is -0.380 e. The second kappa shape index (κ2) is 6.25. The predicted octanol–water partition coefficient (Wildman–Crippen LogP) is 1.81. The topological polar surface area (TPSA) is 102 Å². The second-order valence-corrected chi connectivity index (χ2v) is 6.90. The Morgan fingerprint density at radius 1 is 1.36 bits per heavy atom. The summed E-state index contributed by atoms with van der Waals surface area (Å²) in [4.78, 5) is 32.8. The summed E-state index contributed by atoms with van der Waals surface area (Å²) < 4.78 is 1.87. The molecule has 0 atom stereocenters. The number of nitrogens with zero attached hydrogens (tertiary/aromatic N) is 4. The van der Waals surface area contributed by atoms with E-state index in [4.69, 9.17) is 0 Å². The average Bonchev–Trinajstić information content (AvgIpc) is 3.36. The summed E-state index contributed by atoms with van der Waals surface area (Å²) in [5, 5.41) is 11.9. The van der Waals surface area contributed by atoms with Gasteiger partial charge in [-0.1, -0.05) is 0 Å². The third-order valence-electron chi connectivity index (χ3n) is 3.99. The molecule has 3 aromatic heterocycles. The lowest BCUT2D eigenvalue weighted by Crippen LogP contribution is -2.30. The van der Waals surface area contributed by atoms with E-state index in [1.165, 1.54) is 28.4 Å². The first-order valence-corrected chi connectivity index (χ1v) is 8.76. The molecule has 0 unspecified atom stereocenters. The molecule has 0 spiro atoms. The van der Waals surface area contributed by atoms with Crippen molar-refractivity contribution in [2.75, 3.05) is 17.7 Å². The van der Waals surface area contributed by atoms with E-state index in [1.54, 1.807) is 6.07 Å². The maximum atomic E-state index is 12.7. The van der Waals surface area contributed by atoms with Crippen LogP contribution in [-0.2, 0) is 11.3 Å². The molecular formula is C16H16N6O2S. The number of carbonyl (C=O) groups is 1. The molecule has 0 aromatic carbocycles. The summed E-state index contributed by atoms with van der Waals surface area (Å²) in [7, 11) is 1.82. The average molecular weight is 356 g/mol. The molecule has 0 radical (unpaired) electrons. The molecule has 25 heavy (non-hydrogen) atoms. The van der Waals surface area contributed by atoms with Crippen LogP contribution in [0.25, 0.3) is 10.1 Å².